The van der Waals surface area contributed by atoms with Gasteiger partial charge in [0.05, 0.1) is 17.7 Å². The third kappa shape index (κ3) is 1.93. The number of ketones is 1. The molecule has 0 amide bonds. The van der Waals surface area contributed by atoms with Crippen LogP contribution in [0.2, 0.25) is 0 Å². The number of carbonyl (C=O) groups excluding carboxylic acids is 1. The first kappa shape index (κ1) is 12.0. The van der Waals surface area contributed by atoms with Gasteiger partial charge < -0.3 is 4.74 Å². The molecule has 4 rings (SSSR count). The fourth-order valence-electron chi connectivity index (χ4n) is 3.61. The van der Waals surface area contributed by atoms with Gasteiger partial charge in [0.1, 0.15) is 0 Å². The first-order chi connectivity index (χ1) is 9.81. The Morgan fingerprint density at radius 1 is 1.10 bits per heavy atom. The zero-order valence-corrected chi connectivity index (χ0v) is 11.3. The molecule has 1 aromatic heterocycles. The van der Waals surface area contributed by atoms with Gasteiger partial charge >= 0.3 is 0 Å². The van der Waals surface area contributed by atoms with Crippen molar-refractivity contribution in [1.82, 2.24) is 4.98 Å². The van der Waals surface area contributed by atoms with Crippen molar-refractivity contribution in [3.63, 3.8) is 0 Å². The van der Waals surface area contributed by atoms with Gasteiger partial charge in [0, 0.05) is 23.1 Å². The van der Waals surface area contributed by atoms with Crippen molar-refractivity contribution in [2.45, 2.75) is 37.9 Å². The highest BCUT2D eigenvalue weighted by molar-refractivity contribution is 6.08. The number of aromatic nitrogens is 1. The van der Waals surface area contributed by atoms with Crippen LogP contribution >= 0.6 is 0 Å². The van der Waals surface area contributed by atoms with Crippen LogP contribution in [-0.2, 0) is 4.74 Å². The average Bonchev–Trinajstić information content (AvgIpc) is 2.84. The fraction of sp³-hybridized carbons (Fsp3) is 0.412. The summed E-state index contributed by atoms with van der Waals surface area (Å²) in [6.07, 6.45) is 6.37. The third-order valence-electron chi connectivity index (χ3n) is 4.57. The number of hydrogen-bond acceptors (Lipinski definition) is 3. The Morgan fingerprint density at radius 3 is 2.70 bits per heavy atom. The van der Waals surface area contributed by atoms with Crippen molar-refractivity contribution in [2.75, 3.05) is 0 Å². The van der Waals surface area contributed by atoms with Gasteiger partial charge in [0.2, 0.25) is 0 Å². The fourth-order valence-corrected chi connectivity index (χ4v) is 3.61. The summed E-state index contributed by atoms with van der Waals surface area (Å²) < 4.78 is 5.84. The van der Waals surface area contributed by atoms with Crippen LogP contribution in [0.4, 0.5) is 0 Å². The first-order valence-electron chi connectivity index (χ1n) is 7.34. The van der Waals surface area contributed by atoms with Crippen molar-refractivity contribution in [3.05, 3.63) is 42.1 Å². The SMILES string of the molecule is O=C(c1cccc2ncccc12)C1CC2CCC(C1)O2. The van der Waals surface area contributed by atoms with E-state index in [-0.39, 0.29) is 11.7 Å². The van der Waals surface area contributed by atoms with Crippen molar-refractivity contribution >= 4 is 16.7 Å². The minimum atomic E-state index is 0.118. The first-order valence-corrected chi connectivity index (χ1v) is 7.34. The lowest BCUT2D eigenvalue weighted by atomic mass is 9.87. The molecule has 2 unspecified atom stereocenters. The quantitative estimate of drug-likeness (QED) is 0.783. The van der Waals surface area contributed by atoms with Crippen LogP contribution in [0.3, 0.4) is 0 Å². The topological polar surface area (TPSA) is 39.2 Å². The molecule has 0 aliphatic carbocycles. The molecule has 2 aromatic rings. The normalized spacial score (nSPS) is 28.7. The van der Waals surface area contributed by atoms with Gasteiger partial charge in [-0.1, -0.05) is 18.2 Å². The summed E-state index contributed by atoms with van der Waals surface area (Å²) in [7, 11) is 0. The second-order valence-corrected chi connectivity index (χ2v) is 5.87. The van der Waals surface area contributed by atoms with Crippen molar-refractivity contribution in [1.29, 1.82) is 0 Å². The Balaban J connectivity index is 1.70. The molecule has 0 radical (unpaired) electrons. The number of Topliss-reactive ketones (excluding diaryl/α,β-unsaturated/α-hetero) is 1. The lowest BCUT2D eigenvalue weighted by Crippen LogP contribution is -2.30. The number of nitrogens with zero attached hydrogens (tertiary/aromatic N) is 1. The number of ether oxygens (including phenoxy) is 1. The number of pyridine rings is 1. The Labute approximate surface area is 118 Å². The van der Waals surface area contributed by atoms with Crippen LogP contribution < -0.4 is 0 Å². The maximum Gasteiger partial charge on any atom is 0.166 e. The standard InChI is InChI=1S/C17H17NO2/c19-17(11-9-12-6-7-13(10-11)20-12)15-3-1-5-16-14(15)4-2-8-18-16/h1-5,8,11-13H,6-7,9-10H2. The minimum absolute atomic E-state index is 0.118. The lowest BCUT2D eigenvalue weighted by Gasteiger charge is -2.27. The summed E-state index contributed by atoms with van der Waals surface area (Å²) >= 11 is 0. The van der Waals surface area contributed by atoms with E-state index < -0.39 is 0 Å². The molecule has 2 bridgehead atoms. The van der Waals surface area contributed by atoms with Gasteiger partial charge in [-0.05, 0) is 37.8 Å². The van der Waals surface area contributed by atoms with E-state index >= 15 is 0 Å². The van der Waals surface area contributed by atoms with Crippen LogP contribution in [0.5, 0.6) is 0 Å². The van der Waals surface area contributed by atoms with E-state index in [1.807, 2.05) is 30.3 Å². The number of fused-ring (bicyclic) bond motifs is 3. The van der Waals surface area contributed by atoms with Crippen molar-refractivity contribution < 1.29 is 9.53 Å². The highest BCUT2D eigenvalue weighted by Crippen LogP contribution is 2.37. The van der Waals surface area contributed by atoms with E-state index in [9.17, 15) is 4.79 Å². The number of benzene rings is 1. The van der Waals surface area contributed by atoms with E-state index in [0.717, 1.165) is 42.1 Å². The molecule has 2 aliphatic rings. The monoisotopic (exact) mass is 267 g/mol. The molecule has 3 heteroatoms. The smallest absolute Gasteiger partial charge is 0.166 e. The van der Waals surface area contributed by atoms with Crippen molar-refractivity contribution in [3.8, 4) is 0 Å². The van der Waals surface area contributed by atoms with E-state index in [1.165, 1.54) is 0 Å². The molecule has 2 fully saturated rings. The predicted octanol–water partition coefficient (Wildman–Crippen LogP) is 3.38. The second-order valence-electron chi connectivity index (χ2n) is 5.87. The predicted molar refractivity (Wildman–Crippen MR) is 76.7 cm³/mol. The summed E-state index contributed by atoms with van der Waals surface area (Å²) in [4.78, 5) is 17.2. The van der Waals surface area contributed by atoms with Gasteiger partial charge in [-0.25, -0.2) is 0 Å². The van der Waals surface area contributed by atoms with Crippen LogP contribution in [-0.4, -0.2) is 23.0 Å². The molecule has 2 aliphatic heterocycles. The number of carbonyl (C=O) groups is 1. The van der Waals surface area contributed by atoms with E-state index in [2.05, 4.69) is 4.98 Å². The summed E-state index contributed by atoms with van der Waals surface area (Å²) in [6, 6.07) is 9.70. The van der Waals surface area contributed by atoms with Gasteiger partial charge in [0.15, 0.2) is 5.78 Å². The molecule has 1 aromatic carbocycles. The third-order valence-corrected chi connectivity index (χ3v) is 4.57. The Morgan fingerprint density at radius 2 is 1.90 bits per heavy atom. The number of hydrogen-bond donors (Lipinski definition) is 0. The highest BCUT2D eigenvalue weighted by Gasteiger charge is 2.38. The van der Waals surface area contributed by atoms with E-state index in [4.69, 9.17) is 4.74 Å². The molecule has 3 heterocycles. The minimum Gasteiger partial charge on any atom is -0.375 e. The molecule has 0 saturated carbocycles. The van der Waals surface area contributed by atoms with E-state index in [1.54, 1.807) is 6.20 Å². The Kier molecular flexibility index (Phi) is 2.81. The van der Waals surface area contributed by atoms with Crippen LogP contribution in [0.15, 0.2) is 36.5 Å². The largest absolute Gasteiger partial charge is 0.375 e. The molecular weight excluding hydrogens is 250 g/mol. The van der Waals surface area contributed by atoms with Crippen LogP contribution in [0, 0.1) is 5.92 Å². The zero-order valence-electron chi connectivity index (χ0n) is 11.3. The molecule has 2 atom stereocenters. The zero-order chi connectivity index (χ0) is 13.5. The average molecular weight is 267 g/mol. The molecule has 0 spiro atoms. The van der Waals surface area contributed by atoms with Crippen molar-refractivity contribution in [2.24, 2.45) is 5.92 Å². The van der Waals surface area contributed by atoms with Crippen LogP contribution in [0.25, 0.3) is 10.9 Å². The van der Waals surface area contributed by atoms with Gasteiger partial charge in [-0.15, -0.1) is 0 Å². The molecule has 0 N–H and O–H groups in total. The van der Waals surface area contributed by atoms with Gasteiger partial charge in [-0.2, -0.15) is 0 Å². The summed E-state index contributed by atoms with van der Waals surface area (Å²) in [5.74, 6) is 0.385. The van der Waals surface area contributed by atoms with Crippen LogP contribution in [0.1, 0.15) is 36.0 Å². The highest BCUT2D eigenvalue weighted by atomic mass is 16.5. The Bertz CT molecular complexity index is 650. The molecule has 3 nitrogen and oxygen atoms in total. The summed E-state index contributed by atoms with van der Waals surface area (Å²) in [5, 5.41) is 0.971. The van der Waals surface area contributed by atoms with E-state index in [0.29, 0.717) is 12.2 Å². The molecule has 20 heavy (non-hydrogen) atoms. The molecule has 2 saturated heterocycles. The molecule has 102 valence electrons. The van der Waals surface area contributed by atoms with Gasteiger partial charge in [0.25, 0.3) is 0 Å². The maximum atomic E-state index is 12.8. The lowest BCUT2D eigenvalue weighted by molar-refractivity contribution is -0.0148. The summed E-state index contributed by atoms with van der Waals surface area (Å²) in [5.41, 5.74) is 1.72. The second kappa shape index (κ2) is 4.67. The number of rotatable bonds is 2. The molecular formula is C17H17NO2. The maximum absolute atomic E-state index is 12.8. The summed E-state index contributed by atoms with van der Waals surface area (Å²) in [6.45, 7) is 0. The van der Waals surface area contributed by atoms with Gasteiger partial charge in [-0.3, -0.25) is 9.78 Å². The Hall–Kier alpha value is -1.74.